The zero-order chi connectivity index (χ0) is 25.4. The number of ether oxygens (including phenoxy) is 5. The average Bonchev–Trinajstić information content (AvgIpc) is 3.25. The van der Waals surface area contributed by atoms with Crippen molar-refractivity contribution in [2.24, 2.45) is 0 Å². The molecule has 13 atom stereocenters. The number of carboxylic acid groups (broad SMARTS) is 1. The van der Waals surface area contributed by atoms with Gasteiger partial charge in [-0.3, -0.25) is 0 Å². The molecule has 10 N–H and O–H groups in total. The summed E-state index contributed by atoms with van der Waals surface area (Å²) in [5.74, 6) is -4.59. The van der Waals surface area contributed by atoms with E-state index in [4.69, 9.17) is 23.7 Å². The third kappa shape index (κ3) is 5.06. The standard InChI is InChI=1S/C18H30O16/c19-2-6(23)12-9(24)5(22)1-18(33-12,17(28)29)34-13-8(4-21)30-15(27)14(13)32-16-11(26)10(25)7(3-20)31-16/h5-16,19-27H,1-4H2,(H,28,29)/t5-,6-,7-,8-,9-,10-,11-,12-,13-,14-,15-,16+,18+/m1/s1. The third-order valence-electron chi connectivity index (χ3n) is 6.01. The van der Waals surface area contributed by atoms with Crippen LogP contribution in [0.2, 0.25) is 0 Å². The lowest BCUT2D eigenvalue weighted by Crippen LogP contribution is -2.64. The van der Waals surface area contributed by atoms with Gasteiger partial charge in [0.05, 0.1) is 25.9 Å². The van der Waals surface area contributed by atoms with E-state index in [0.717, 1.165) is 0 Å². The molecule has 3 rings (SSSR count). The van der Waals surface area contributed by atoms with Gasteiger partial charge in [0.15, 0.2) is 12.6 Å². The highest BCUT2D eigenvalue weighted by Crippen LogP contribution is 2.38. The number of aliphatic hydroxyl groups is 9. The zero-order valence-electron chi connectivity index (χ0n) is 17.7. The fraction of sp³-hybridized carbons (Fsp3) is 0.944. The molecule has 0 unspecified atom stereocenters. The molecule has 0 amide bonds. The molecule has 16 heteroatoms. The van der Waals surface area contributed by atoms with Crippen molar-refractivity contribution in [1.29, 1.82) is 0 Å². The first-order chi connectivity index (χ1) is 16.0. The molecule has 0 radical (unpaired) electrons. The number of hydrogen-bond acceptors (Lipinski definition) is 15. The van der Waals surface area contributed by atoms with Crippen LogP contribution in [-0.2, 0) is 28.5 Å². The van der Waals surface area contributed by atoms with Gasteiger partial charge in [-0.25, -0.2) is 4.79 Å². The number of carboxylic acids is 1. The summed E-state index contributed by atoms with van der Waals surface area (Å²) in [5, 5.41) is 98.4. The van der Waals surface area contributed by atoms with Gasteiger partial charge >= 0.3 is 5.97 Å². The molecule has 3 fully saturated rings. The predicted octanol–water partition coefficient (Wildman–Crippen LogP) is -6.45. The van der Waals surface area contributed by atoms with Gasteiger partial charge in [0.25, 0.3) is 5.79 Å². The summed E-state index contributed by atoms with van der Waals surface area (Å²) in [6.45, 7) is -2.45. The van der Waals surface area contributed by atoms with Crippen LogP contribution in [0.25, 0.3) is 0 Å². The molecule has 16 nitrogen and oxygen atoms in total. The van der Waals surface area contributed by atoms with Crippen LogP contribution in [0.5, 0.6) is 0 Å². The lowest BCUT2D eigenvalue weighted by Gasteiger charge is -2.45. The van der Waals surface area contributed by atoms with E-state index in [1.165, 1.54) is 0 Å². The van der Waals surface area contributed by atoms with Crippen LogP contribution < -0.4 is 0 Å². The van der Waals surface area contributed by atoms with Gasteiger partial charge in [-0.05, 0) is 0 Å². The van der Waals surface area contributed by atoms with Crippen molar-refractivity contribution in [3.05, 3.63) is 0 Å². The van der Waals surface area contributed by atoms with Gasteiger partial charge in [-0.1, -0.05) is 0 Å². The highest BCUT2D eigenvalue weighted by molar-refractivity contribution is 5.76. The van der Waals surface area contributed by atoms with E-state index in [9.17, 15) is 55.9 Å². The predicted molar refractivity (Wildman–Crippen MR) is 100 cm³/mol. The van der Waals surface area contributed by atoms with Gasteiger partial charge in [-0.2, -0.15) is 0 Å². The van der Waals surface area contributed by atoms with E-state index in [1.807, 2.05) is 0 Å². The van der Waals surface area contributed by atoms with E-state index in [1.54, 1.807) is 0 Å². The fourth-order valence-electron chi connectivity index (χ4n) is 4.12. The lowest BCUT2D eigenvalue weighted by atomic mass is 9.92. The maximum atomic E-state index is 12.2. The quantitative estimate of drug-likeness (QED) is 0.140. The Balaban J connectivity index is 1.87. The first-order valence-electron chi connectivity index (χ1n) is 10.5. The Kier molecular flexibility index (Phi) is 8.81. The van der Waals surface area contributed by atoms with Crippen molar-refractivity contribution in [2.75, 3.05) is 19.8 Å². The Bertz CT molecular complexity index is 695. The normalized spacial score (nSPS) is 48.2. The van der Waals surface area contributed by atoms with Crippen LogP contribution >= 0.6 is 0 Å². The molecule has 0 bridgehead atoms. The lowest BCUT2D eigenvalue weighted by molar-refractivity contribution is -0.345. The number of aliphatic hydroxyl groups excluding tert-OH is 9. The molecule has 3 aliphatic heterocycles. The minimum atomic E-state index is -2.77. The molecule has 0 aromatic carbocycles. The van der Waals surface area contributed by atoms with Crippen LogP contribution in [0.4, 0.5) is 0 Å². The Hall–Kier alpha value is -1.09. The smallest absolute Gasteiger partial charge is 0.364 e. The van der Waals surface area contributed by atoms with Gasteiger partial charge in [0.1, 0.15) is 54.9 Å². The second-order valence-electron chi connectivity index (χ2n) is 8.29. The van der Waals surface area contributed by atoms with Crippen molar-refractivity contribution in [2.45, 2.75) is 85.8 Å². The third-order valence-corrected chi connectivity index (χ3v) is 6.01. The highest BCUT2D eigenvalue weighted by atomic mass is 16.8. The Morgan fingerprint density at radius 2 is 1.59 bits per heavy atom. The van der Waals surface area contributed by atoms with Gasteiger partial charge in [0, 0.05) is 6.42 Å². The average molecular weight is 502 g/mol. The summed E-state index contributed by atoms with van der Waals surface area (Å²) in [6.07, 6.45) is -20.7. The van der Waals surface area contributed by atoms with E-state index in [2.05, 4.69) is 0 Å². The SMILES string of the molecule is O=C(O)[C@@]1(O[C@H]2[C@@H](O[C@@H]3O[C@H](CO)[C@@H](O)[C@H]3O)[C@H](O)O[C@@H]2CO)C[C@@H](O)[C@@H](O)[C@@H]([C@H](O)CO)O1. The molecular formula is C18H30O16. The van der Waals surface area contributed by atoms with E-state index in [0.29, 0.717) is 0 Å². The van der Waals surface area contributed by atoms with Crippen molar-refractivity contribution < 1.29 is 79.5 Å². The number of carbonyl (C=O) groups is 1. The van der Waals surface area contributed by atoms with Crippen molar-refractivity contribution >= 4 is 5.97 Å². The van der Waals surface area contributed by atoms with Crippen LogP contribution in [0.3, 0.4) is 0 Å². The molecule has 0 aromatic rings. The van der Waals surface area contributed by atoms with E-state index < -0.39 is 112 Å². The summed E-state index contributed by atoms with van der Waals surface area (Å²) in [7, 11) is 0. The molecule has 3 heterocycles. The molecular weight excluding hydrogens is 472 g/mol. The van der Waals surface area contributed by atoms with Crippen molar-refractivity contribution in [3.63, 3.8) is 0 Å². The van der Waals surface area contributed by atoms with Crippen LogP contribution in [0.15, 0.2) is 0 Å². The minimum absolute atomic E-state index is 0.675. The highest BCUT2D eigenvalue weighted by Gasteiger charge is 2.59. The Labute approximate surface area is 192 Å². The summed E-state index contributed by atoms with van der Waals surface area (Å²) in [4.78, 5) is 12.2. The molecule has 0 spiro atoms. The van der Waals surface area contributed by atoms with Gasteiger partial charge in [-0.15, -0.1) is 0 Å². The maximum Gasteiger partial charge on any atom is 0.364 e. The second-order valence-corrected chi connectivity index (χ2v) is 8.29. The number of aliphatic carboxylic acids is 1. The second kappa shape index (κ2) is 10.9. The zero-order valence-corrected chi connectivity index (χ0v) is 17.7. The van der Waals surface area contributed by atoms with Gasteiger partial charge < -0.3 is 74.7 Å². The Morgan fingerprint density at radius 1 is 0.941 bits per heavy atom. The van der Waals surface area contributed by atoms with Crippen molar-refractivity contribution in [3.8, 4) is 0 Å². The van der Waals surface area contributed by atoms with Crippen molar-refractivity contribution in [1.82, 2.24) is 0 Å². The van der Waals surface area contributed by atoms with Gasteiger partial charge in [0.2, 0.25) is 0 Å². The summed E-state index contributed by atoms with van der Waals surface area (Å²) in [6, 6.07) is 0. The first kappa shape index (κ1) is 27.5. The number of rotatable bonds is 9. The molecule has 0 saturated carbocycles. The number of hydrogen-bond donors (Lipinski definition) is 10. The molecule has 3 aliphatic rings. The first-order valence-corrected chi connectivity index (χ1v) is 10.5. The maximum absolute atomic E-state index is 12.2. The van der Waals surface area contributed by atoms with Crippen LogP contribution in [0.1, 0.15) is 6.42 Å². The minimum Gasteiger partial charge on any atom is -0.477 e. The van der Waals surface area contributed by atoms with Crippen LogP contribution in [0, 0.1) is 0 Å². The van der Waals surface area contributed by atoms with Crippen LogP contribution in [-0.4, -0.2) is 156 Å². The molecule has 0 aromatic heterocycles. The van der Waals surface area contributed by atoms with E-state index in [-0.39, 0.29) is 0 Å². The molecule has 0 aliphatic carbocycles. The Morgan fingerprint density at radius 3 is 2.12 bits per heavy atom. The summed E-state index contributed by atoms with van der Waals surface area (Å²) < 4.78 is 26.6. The molecule has 198 valence electrons. The molecule has 34 heavy (non-hydrogen) atoms. The summed E-state index contributed by atoms with van der Waals surface area (Å²) >= 11 is 0. The topological polar surface area (TPSA) is 266 Å². The van der Waals surface area contributed by atoms with E-state index >= 15 is 0 Å². The monoisotopic (exact) mass is 502 g/mol. The molecule has 3 saturated heterocycles. The largest absolute Gasteiger partial charge is 0.477 e. The fourth-order valence-corrected chi connectivity index (χ4v) is 4.12. The summed E-state index contributed by atoms with van der Waals surface area (Å²) in [5.41, 5.74) is 0.